The van der Waals surface area contributed by atoms with Crippen LogP contribution in [0, 0.1) is 6.92 Å². The highest BCUT2D eigenvalue weighted by molar-refractivity contribution is 6.31. The van der Waals surface area contributed by atoms with Crippen molar-refractivity contribution in [2.45, 2.75) is 19.8 Å². The Morgan fingerprint density at radius 3 is 2.48 bits per heavy atom. The predicted octanol–water partition coefficient (Wildman–Crippen LogP) is 2.14. The van der Waals surface area contributed by atoms with E-state index in [9.17, 15) is 9.59 Å². The Balaban J connectivity index is 1.66. The second-order valence-electron chi connectivity index (χ2n) is 6.64. The quantitative estimate of drug-likeness (QED) is 0.615. The van der Waals surface area contributed by atoms with Gasteiger partial charge in [-0.2, -0.15) is 0 Å². The second-order valence-corrected chi connectivity index (χ2v) is 6.64. The molecule has 2 aliphatic rings. The number of hydrogen-bond acceptors (Lipinski definition) is 5. The van der Waals surface area contributed by atoms with Gasteiger partial charge in [0.2, 0.25) is 6.54 Å². The Bertz CT molecular complexity index is 923. The fourth-order valence-electron chi connectivity index (χ4n) is 3.45. The first kappa shape index (κ1) is 17.2. The summed E-state index contributed by atoms with van der Waals surface area (Å²) in [6.07, 6.45) is -0.507. The highest BCUT2D eigenvalue weighted by Gasteiger charge is 2.49. The molecule has 0 aromatic heterocycles. The number of methoxy groups -OCH3 is 1. The summed E-state index contributed by atoms with van der Waals surface area (Å²) < 4.78 is 6.50. The molecule has 0 radical (unpaired) electrons. The Kier molecular flexibility index (Phi) is 4.35. The van der Waals surface area contributed by atoms with Crippen LogP contribution in [-0.2, 0) is 16.1 Å². The Hall–Kier alpha value is -3.22. The highest BCUT2D eigenvalue weighted by Crippen LogP contribution is 2.28. The number of nitrogens with zero attached hydrogens (tertiary/aromatic N) is 4. The van der Waals surface area contributed by atoms with Gasteiger partial charge in [0.15, 0.2) is 0 Å². The standard InChI is InChI=1S/C20H21N4O3/c1-14-5-3-4-6-15(14)13-24-19(26)18(25)23-12-11-22(20(23)21-24)16-7-9-17(27-2)10-8-16/h3-10,20H,11-13H2,1-2H3/q+1. The van der Waals surface area contributed by atoms with E-state index in [0.717, 1.165) is 22.6 Å². The molecular weight excluding hydrogens is 344 g/mol. The van der Waals surface area contributed by atoms with Gasteiger partial charge >= 0.3 is 11.8 Å². The molecule has 138 valence electrons. The Labute approximate surface area is 157 Å². The van der Waals surface area contributed by atoms with Crippen molar-refractivity contribution in [3.8, 4) is 5.75 Å². The van der Waals surface area contributed by atoms with Gasteiger partial charge in [0, 0.05) is 29.5 Å². The van der Waals surface area contributed by atoms with E-state index in [1.165, 1.54) is 9.60 Å². The molecule has 2 aromatic rings. The van der Waals surface area contributed by atoms with Crippen LogP contribution in [0.5, 0.6) is 5.75 Å². The van der Waals surface area contributed by atoms with Crippen LogP contribution in [0.2, 0.25) is 0 Å². The van der Waals surface area contributed by atoms with E-state index in [0.29, 0.717) is 13.1 Å². The lowest BCUT2D eigenvalue weighted by Gasteiger charge is -2.27. The van der Waals surface area contributed by atoms with Gasteiger partial charge in [-0.15, -0.1) is 0 Å². The number of azo groups is 2. The molecular formula is C20H21N4O3+. The van der Waals surface area contributed by atoms with Gasteiger partial charge in [0.1, 0.15) is 5.75 Å². The normalized spacial score (nSPS) is 19.2. The zero-order chi connectivity index (χ0) is 19.0. The summed E-state index contributed by atoms with van der Waals surface area (Å²) in [4.78, 5) is 28.7. The third-order valence-electron chi connectivity index (χ3n) is 5.05. The molecule has 7 nitrogen and oxygen atoms in total. The van der Waals surface area contributed by atoms with Gasteiger partial charge < -0.3 is 9.64 Å². The molecule has 7 heteroatoms. The first-order chi connectivity index (χ1) is 13.1. The van der Waals surface area contributed by atoms with Gasteiger partial charge in [-0.3, -0.25) is 9.69 Å². The zero-order valence-corrected chi connectivity index (χ0v) is 15.3. The van der Waals surface area contributed by atoms with Crippen LogP contribution in [0.3, 0.4) is 0 Å². The van der Waals surface area contributed by atoms with E-state index < -0.39 is 18.1 Å². The SMILES string of the molecule is COc1ccc(N2CCN3C(=O)C(=O)[N+](Cc4ccccc4C)=NC32)cc1. The van der Waals surface area contributed by atoms with Crippen LogP contribution >= 0.6 is 0 Å². The molecule has 1 saturated heterocycles. The van der Waals surface area contributed by atoms with Crippen molar-refractivity contribution in [3.05, 3.63) is 59.7 Å². The second kappa shape index (κ2) is 6.83. The minimum atomic E-state index is -0.578. The summed E-state index contributed by atoms with van der Waals surface area (Å²) in [5.74, 6) is -0.312. The van der Waals surface area contributed by atoms with Gasteiger partial charge in [-0.05, 0) is 41.5 Å². The first-order valence-electron chi connectivity index (χ1n) is 8.87. The first-order valence-corrected chi connectivity index (χ1v) is 8.87. The van der Waals surface area contributed by atoms with E-state index in [-0.39, 0.29) is 6.54 Å². The molecule has 1 unspecified atom stereocenters. The summed E-state index contributed by atoms with van der Waals surface area (Å²) >= 11 is 0. The zero-order valence-electron chi connectivity index (χ0n) is 15.3. The summed E-state index contributed by atoms with van der Waals surface area (Å²) in [5.41, 5.74) is 2.98. The van der Waals surface area contributed by atoms with E-state index in [2.05, 4.69) is 5.11 Å². The number of benzene rings is 2. The number of rotatable bonds is 4. The smallest absolute Gasteiger partial charge is 0.497 e. The van der Waals surface area contributed by atoms with E-state index in [1.807, 2.05) is 60.4 Å². The monoisotopic (exact) mass is 365 g/mol. The fraction of sp³-hybridized carbons (Fsp3) is 0.300. The number of carbonyl (C=O) groups is 2. The Morgan fingerprint density at radius 2 is 1.78 bits per heavy atom. The molecule has 4 rings (SSSR count). The number of ether oxygens (including phenoxy) is 1. The minimum Gasteiger partial charge on any atom is -0.497 e. The molecule has 1 atom stereocenters. The summed E-state index contributed by atoms with van der Waals surface area (Å²) in [7, 11) is 1.62. The predicted molar refractivity (Wildman–Crippen MR) is 98.4 cm³/mol. The van der Waals surface area contributed by atoms with Crippen LogP contribution in [-0.4, -0.2) is 47.9 Å². The number of anilines is 1. The van der Waals surface area contributed by atoms with E-state index in [4.69, 9.17) is 4.74 Å². The number of fused-ring (bicyclic) bond motifs is 1. The van der Waals surface area contributed by atoms with Gasteiger partial charge in [0.05, 0.1) is 7.11 Å². The lowest BCUT2D eigenvalue weighted by Crippen LogP contribution is -2.51. The van der Waals surface area contributed by atoms with Crippen molar-refractivity contribution in [1.29, 1.82) is 0 Å². The average Bonchev–Trinajstić information content (AvgIpc) is 3.11. The van der Waals surface area contributed by atoms with Crippen molar-refractivity contribution in [2.24, 2.45) is 5.11 Å². The fourth-order valence-corrected chi connectivity index (χ4v) is 3.45. The maximum atomic E-state index is 12.6. The average molecular weight is 365 g/mol. The molecule has 0 N–H and O–H groups in total. The van der Waals surface area contributed by atoms with Crippen molar-refractivity contribution >= 4 is 17.5 Å². The minimum absolute atomic E-state index is 0.290. The van der Waals surface area contributed by atoms with Crippen molar-refractivity contribution in [3.63, 3.8) is 0 Å². The van der Waals surface area contributed by atoms with Gasteiger partial charge in [-0.1, -0.05) is 24.3 Å². The third-order valence-corrected chi connectivity index (χ3v) is 5.05. The molecule has 0 spiro atoms. The molecule has 27 heavy (non-hydrogen) atoms. The molecule has 2 amide bonds. The van der Waals surface area contributed by atoms with Crippen LogP contribution < -0.4 is 9.64 Å². The highest BCUT2D eigenvalue weighted by atomic mass is 16.5. The maximum absolute atomic E-state index is 12.6. The number of carbonyl (C=O) groups excluding carboxylic acids is 2. The summed E-state index contributed by atoms with van der Waals surface area (Å²) in [5, 5.41) is 4.60. The topological polar surface area (TPSA) is 65.2 Å². The largest absolute Gasteiger partial charge is 0.502 e. The molecule has 0 aliphatic carbocycles. The third kappa shape index (κ3) is 3.05. The van der Waals surface area contributed by atoms with Crippen molar-refractivity contribution in [2.75, 3.05) is 25.1 Å². The van der Waals surface area contributed by atoms with Crippen molar-refractivity contribution < 1.29 is 19.0 Å². The molecule has 2 aromatic carbocycles. The molecule has 1 fully saturated rings. The number of aryl methyl sites for hydroxylation is 1. The van der Waals surface area contributed by atoms with Crippen molar-refractivity contribution in [1.82, 2.24) is 4.90 Å². The number of hydrogen-bond donors (Lipinski definition) is 0. The van der Waals surface area contributed by atoms with Crippen LogP contribution in [0.1, 0.15) is 11.1 Å². The number of amides is 2. The molecule has 0 saturated carbocycles. The lowest BCUT2D eigenvalue weighted by molar-refractivity contribution is -0.534. The van der Waals surface area contributed by atoms with Gasteiger partial charge in [0.25, 0.3) is 6.29 Å². The lowest BCUT2D eigenvalue weighted by atomic mass is 10.1. The van der Waals surface area contributed by atoms with Gasteiger partial charge in [-0.25, -0.2) is 4.79 Å². The molecule has 0 bridgehead atoms. The Morgan fingerprint density at radius 1 is 1.07 bits per heavy atom. The van der Waals surface area contributed by atoms with Crippen LogP contribution in [0.25, 0.3) is 0 Å². The summed E-state index contributed by atoms with van der Waals surface area (Å²) in [6, 6.07) is 15.4. The van der Waals surface area contributed by atoms with E-state index in [1.54, 1.807) is 7.11 Å². The van der Waals surface area contributed by atoms with Crippen LogP contribution in [0.4, 0.5) is 5.69 Å². The molecule has 2 aliphatic heterocycles. The van der Waals surface area contributed by atoms with E-state index >= 15 is 0 Å². The maximum Gasteiger partial charge on any atom is 0.502 e. The summed E-state index contributed by atoms with van der Waals surface area (Å²) in [6.45, 7) is 3.37. The van der Waals surface area contributed by atoms with Crippen LogP contribution in [0.15, 0.2) is 53.6 Å². The molecule has 2 heterocycles.